The van der Waals surface area contributed by atoms with E-state index in [0.717, 1.165) is 17.1 Å². The normalized spacial score (nSPS) is 11.8. The molecule has 0 aliphatic carbocycles. The largest absolute Gasteiger partial charge is 0.454 e. The summed E-state index contributed by atoms with van der Waals surface area (Å²) in [4.78, 5) is 32.0. The van der Waals surface area contributed by atoms with Crippen molar-refractivity contribution < 1.29 is 19.1 Å². The summed E-state index contributed by atoms with van der Waals surface area (Å²) in [5.74, 6) is 1.59. The first kappa shape index (κ1) is 18.4. The maximum absolute atomic E-state index is 12.3. The molecular formula is C21H18N4O4. The maximum Gasteiger partial charge on any atom is 0.275 e. The molecule has 1 amide bonds. The number of aromatic nitrogens is 2. The molecule has 0 saturated heterocycles. The average molecular weight is 390 g/mol. The number of ether oxygens (including phenoxy) is 2. The fraction of sp³-hybridized carbons (Fsp3) is 0.143. The Morgan fingerprint density at radius 3 is 2.52 bits per heavy atom. The number of Topliss-reactive ketones (excluding diaryl/α,β-unsaturated/α-hetero) is 1. The second-order valence-corrected chi connectivity index (χ2v) is 6.42. The van der Waals surface area contributed by atoms with E-state index in [1.54, 1.807) is 24.3 Å². The van der Waals surface area contributed by atoms with Crippen LogP contribution in [-0.4, -0.2) is 28.5 Å². The molecule has 0 atom stereocenters. The van der Waals surface area contributed by atoms with E-state index >= 15 is 0 Å². The number of carbonyl (C=O) groups excluding carboxylic acids is 2. The first-order chi connectivity index (χ1) is 14.1. The van der Waals surface area contributed by atoms with Gasteiger partial charge in [0.1, 0.15) is 11.5 Å². The van der Waals surface area contributed by atoms with Gasteiger partial charge in [0.15, 0.2) is 17.3 Å². The molecule has 0 radical (unpaired) electrons. The van der Waals surface area contributed by atoms with Crippen molar-refractivity contribution in [2.75, 3.05) is 17.4 Å². The van der Waals surface area contributed by atoms with Crippen molar-refractivity contribution in [3.8, 4) is 11.5 Å². The number of fused-ring (bicyclic) bond motifs is 1. The van der Waals surface area contributed by atoms with E-state index in [1.807, 2.05) is 18.2 Å². The van der Waals surface area contributed by atoms with Crippen LogP contribution in [0.15, 0.2) is 54.9 Å². The molecule has 0 saturated carbocycles. The van der Waals surface area contributed by atoms with E-state index in [1.165, 1.54) is 19.3 Å². The third kappa shape index (κ3) is 4.32. The lowest BCUT2D eigenvalue weighted by molar-refractivity contribution is 0.101. The summed E-state index contributed by atoms with van der Waals surface area (Å²) in [6.07, 6.45) is 2.90. The van der Waals surface area contributed by atoms with Crippen LogP contribution in [0.2, 0.25) is 0 Å². The fourth-order valence-electron chi connectivity index (χ4n) is 2.76. The van der Waals surface area contributed by atoms with Gasteiger partial charge in [-0.2, -0.15) is 0 Å². The molecule has 0 fully saturated rings. The van der Waals surface area contributed by atoms with Crippen LogP contribution in [0.5, 0.6) is 11.5 Å². The molecule has 0 unspecified atom stereocenters. The highest BCUT2D eigenvalue weighted by molar-refractivity contribution is 6.03. The van der Waals surface area contributed by atoms with Crippen LogP contribution in [0.3, 0.4) is 0 Å². The quantitative estimate of drug-likeness (QED) is 0.623. The second kappa shape index (κ2) is 7.97. The second-order valence-electron chi connectivity index (χ2n) is 6.42. The molecule has 4 rings (SSSR count). The van der Waals surface area contributed by atoms with E-state index in [2.05, 4.69) is 20.6 Å². The molecule has 8 nitrogen and oxygen atoms in total. The number of hydrogen-bond acceptors (Lipinski definition) is 7. The van der Waals surface area contributed by atoms with E-state index in [0.29, 0.717) is 23.6 Å². The molecule has 2 aromatic carbocycles. The number of amides is 1. The van der Waals surface area contributed by atoms with Gasteiger partial charge >= 0.3 is 0 Å². The molecule has 0 spiro atoms. The molecular weight excluding hydrogens is 372 g/mol. The SMILES string of the molecule is CC(=O)c1ccc(NC(=O)c2cnc(NCc3ccc4c(c3)OCO4)cn2)cc1. The van der Waals surface area contributed by atoms with Crippen molar-refractivity contribution in [2.24, 2.45) is 0 Å². The van der Waals surface area contributed by atoms with Crippen LogP contribution in [-0.2, 0) is 6.54 Å². The van der Waals surface area contributed by atoms with Crippen molar-refractivity contribution in [1.29, 1.82) is 0 Å². The number of ketones is 1. The van der Waals surface area contributed by atoms with Crippen molar-refractivity contribution >= 4 is 23.2 Å². The minimum Gasteiger partial charge on any atom is -0.454 e. The average Bonchev–Trinajstić information content (AvgIpc) is 3.21. The predicted molar refractivity (Wildman–Crippen MR) is 106 cm³/mol. The molecule has 2 heterocycles. The Labute approximate surface area is 166 Å². The van der Waals surface area contributed by atoms with Crippen molar-refractivity contribution in [3.63, 3.8) is 0 Å². The highest BCUT2D eigenvalue weighted by atomic mass is 16.7. The van der Waals surface area contributed by atoms with E-state index < -0.39 is 0 Å². The minimum atomic E-state index is -0.379. The topological polar surface area (TPSA) is 102 Å². The summed E-state index contributed by atoms with van der Waals surface area (Å²) in [5, 5.41) is 5.88. The lowest BCUT2D eigenvalue weighted by atomic mass is 10.1. The molecule has 29 heavy (non-hydrogen) atoms. The lowest BCUT2D eigenvalue weighted by Gasteiger charge is -2.08. The van der Waals surface area contributed by atoms with Gasteiger partial charge in [-0.3, -0.25) is 9.59 Å². The molecule has 8 heteroatoms. The standard InChI is InChI=1S/C21H18N4O4/c1-13(26)15-3-5-16(6-4-15)25-21(27)17-10-24-20(11-22-17)23-9-14-2-7-18-19(8-14)29-12-28-18/h2-8,10-11H,9,12H2,1H3,(H,23,24)(H,25,27). The Kier molecular flexibility index (Phi) is 5.07. The Balaban J connectivity index is 1.34. The molecule has 1 aliphatic rings. The predicted octanol–water partition coefficient (Wildman–Crippen LogP) is 3.27. The van der Waals surface area contributed by atoms with E-state index in [4.69, 9.17) is 9.47 Å². The summed E-state index contributed by atoms with van der Waals surface area (Å²) in [6, 6.07) is 12.4. The van der Waals surface area contributed by atoms with Gasteiger partial charge < -0.3 is 20.1 Å². The number of benzene rings is 2. The number of carbonyl (C=O) groups is 2. The number of nitrogens with one attached hydrogen (secondary N) is 2. The first-order valence-electron chi connectivity index (χ1n) is 8.95. The summed E-state index contributed by atoms with van der Waals surface area (Å²) < 4.78 is 10.7. The summed E-state index contributed by atoms with van der Waals surface area (Å²) in [5.41, 5.74) is 2.36. The summed E-state index contributed by atoms with van der Waals surface area (Å²) in [7, 11) is 0. The van der Waals surface area contributed by atoms with Crippen LogP contribution in [0, 0.1) is 0 Å². The van der Waals surface area contributed by atoms with Gasteiger partial charge in [-0.25, -0.2) is 9.97 Å². The molecule has 2 N–H and O–H groups in total. The highest BCUT2D eigenvalue weighted by Gasteiger charge is 2.13. The highest BCUT2D eigenvalue weighted by Crippen LogP contribution is 2.32. The number of anilines is 2. The Bertz CT molecular complexity index is 1050. The number of hydrogen-bond donors (Lipinski definition) is 2. The lowest BCUT2D eigenvalue weighted by Crippen LogP contribution is -2.14. The van der Waals surface area contributed by atoms with Crippen molar-refractivity contribution in [1.82, 2.24) is 9.97 Å². The zero-order chi connectivity index (χ0) is 20.2. The van der Waals surface area contributed by atoms with Gasteiger partial charge in [-0.05, 0) is 48.9 Å². The van der Waals surface area contributed by atoms with Crippen molar-refractivity contribution in [2.45, 2.75) is 13.5 Å². The Morgan fingerprint density at radius 2 is 1.79 bits per heavy atom. The van der Waals surface area contributed by atoms with Gasteiger partial charge in [-0.1, -0.05) is 6.07 Å². The van der Waals surface area contributed by atoms with Gasteiger partial charge in [0.05, 0.1) is 12.4 Å². The zero-order valence-corrected chi connectivity index (χ0v) is 15.6. The van der Waals surface area contributed by atoms with Crippen LogP contribution < -0.4 is 20.1 Å². The monoisotopic (exact) mass is 390 g/mol. The van der Waals surface area contributed by atoms with Crippen molar-refractivity contribution in [3.05, 3.63) is 71.7 Å². The van der Waals surface area contributed by atoms with E-state index in [9.17, 15) is 9.59 Å². The third-order valence-corrected chi connectivity index (χ3v) is 4.34. The molecule has 146 valence electrons. The summed E-state index contributed by atoms with van der Waals surface area (Å²) >= 11 is 0. The van der Waals surface area contributed by atoms with Gasteiger partial charge in [0.2, 0.25) is 6.79 Å². The maximum atomic E-state index is 12.3. The van der Waals surface area contributed by atoms with Crippen LogP contribution in [0.4, 0.5) is 11.5 Å². The smallest absolute Gasteiger partial charge is 0.275 e. The molecule has 1 aliphatic heterocycles. The fourth-order valence-corrected chi connectivity index (χ4v) is 2.76. The van der Waals surface area contributed by atoms with E-state index in [-0.39, 0.29) is 24.2 Å². The molecule has 3 aromatic rings. The van der Waals surface area contributed by atoms with Crippen LogP contribution in [0.25, 0.3) is 0 Å². The minimum absolute atomic E-state index is 0.0300. The molecule has 1 aromatic heterocycles. The Morgan fingerprint density at radius 1 is 1.00 bits per heavy atom. The summed E-state index contributed by atoms with van der Waals surface area (Å²) in [6.45, 7) is 2.26. The number of rotatable bonds is 6. The molecule has 0 bridgehead atoms. The van der Waals surface area contributed by atoms with Crippen LogP contribution >= 0.6 is 0 Å². The third-order valence-electron chi connectivity index (χ3n) is 4.34. The Hall–Kier alpha value is -3.94. The zero-order valence-electron chi connectivity index (χ0n) is 15.6. The first-order valence-corrected chi connectivity index (χ1v) is 8.95. The number of nitrogens with zero attached hydrogens (tertiary/aromatic N) is 2. The van der Waals surface area contributed by atoms with Gasteiger partial charge in [0.25, 0.3) is 5.91 Å². The van der Waals surface area contributed by atoms with Gasteiger partial charge in [0, 0.05) is 17.8 Å². The van der Waals surface area contributed by atoms with Gasteiger partial charge in [-0.15, -0.1) is 0 Å². The van der Waals surface area contributed by atoms with Crippen LogP contribution in [0.1, 0.15) is 33.3 Å².